The molecule has 7 heteroatoms. The molecule has 1 aliphatic heterocycles. The van der Waals surface area contributed by atoms with Crippen molar-refractivity contribution in [2.75, 3.05) is 26.7 Å². The number of hydrogen-bond acceptors (Lipinski definition) is 2. The zero-order valence-corrected chi connectivity index (χ0v) is 17.1. The number of rotatable bonds is 4. The van der Waals surface area contributed by atoms with Crippen molar-refractivity contribution in [3.63, 3.8) is 0 Å². The van der Waals surface area contributed by atoms with E-state index in [2.05, 4.69) is 40.4 Å². The predicted molar refractivity (Wildman–Crippen MR) is 108 cm³/mol. The van der Waals surface area contributed by atoms with Crippen molar-refractivity contribution < 1.29 is 4.39 Å². The number of guanidine groups is 1. The number of aliphatic imine (C=N–C) groups is 1. The molecule has 27 heavy (non-hydrogen) atoms. The predicted octanol–water partition coefficient (Wildman–Crippen LogP) is 3.56. The molecule has 1 aromatic heterocycles. The maximum atomic E-state index is 13.4. The summed E-state index contributed by atoms with van der Waals surface area (Å²) < 4.78 is 15.2. The van der Waals surface area contributed by atoms with E-state index in [-0.39, 0.29) is 11.2 Å². The second-order valence-corrected chi connectivity index (χ2v) is 8.19. The smallest absolute Gasteiger partial charge is 0.193 e. The molecule has 2 aromatic rings. The molecule has 0 aliphatic carbocycles. The molecule has 2 heterocycles. The summed E-state index contributed by atoms with van der Waals surface area (Å²) in [5.41, 5.74) is 1.93. The van der Waals surface area contributed by atoms with Gasteiger partial charge in [-0.05, 0) is 29.7 Å². The third-order valence-electron chi connectivity index (χ3n) is 5.24. The molecule has 0 saturated carbocycles. The van der Waals surface area contributed by atoms with Gasteiger partial charge in [0, 0.05) is 56.3 Å². The SMILES string of the molecule is CN=C(NCC(C)(C)c1ccc(F)cc1Cl)N1CCC(c2cnn(C)c2)C1. The lowest BCUT2D eigenvalue weighted by molar-refractivity contribution is 0.454. The highest BCUT2D eigenvalue weighted by atomic mass is 35.5. The minimum Gasteiger partial charge on any atom is -0.355 e. The number of aryl methyl sites for hydroxylation is 1. The highest BCUT2D eigenvalue weighted by Crippen LogP contribution is 2.30. The van der Waals surface area contributed by atoms with Crippen molar-refractivity contribution >= 4 is 17.6 Å². The van der Waals surface area contributed by atoms with Crippen LogP contribution in [0.1, 0.15) is 37.3 Å². The zero-order chi connectivity index (χ0) is 19.6. The van der Waals surface area contributed by atoms with Gasteiger partial charge in [0.1, 0.15) is 5.82 Å². The average molecular weight is 392 g/mol. The minimum absolute atomic E-state index is 0.261. The van der Waals surface area contributed by atoms with Gasteiger partial charge in [0.15, 0.2) is 5.96 Å². The van der Waals surface area contributed by atoms with E-state index >= 15 is 0 Å². The quantitative estimate of drug-likeness (QED) is 0.640. The standard InChI is InChI=1S/C20H27ClFN5/c1-20(2,17-6-5-16(22)9-18(17)21)13-24-19(23-3)27-8-7-14(12-27)15-10-25-26(4)11-15/h5-6,9-11,14H,7-8,12-13H2,1-4H3,(H,23,24). The van der Waals surface area contributed by atoms with Crippen molar-refractivity contribution in [2.24, 2.45) is 12.0 Å². The molecule has 0 radical (unpaired) electrons. The summed E-state index contributed by atoms with van der Waals surface area (Å²) in [5, 5.41) is 8.21. The molecule has 1 aromatic carbocycles. The van der Waals surface area contributed by atoms with Gasteiger partial charge < -0.3 is 10.2 Å². The van der Waals surface area contributed by atoms with E-state index in [4.69, 9.17) is 11.6 Å². The molecule has 3 rings (SSSR count). The third kappa shape index (κ3) is 4.43. The fraction of sp³-hybridized carbons (Fsp3) is 0.500. The molecule has 1 fully saturated rings. The Kier molecular flexibility index (Phi) is 5.75. The number of nitrogens with zero attached hydrogens (tertiary/aromatic N) is 4. The minimum atomic E-state index is -0.318. The monoisotopic (exact) mass is 391 g/mol. The van der Waals surface area contributed by atoms with Gasteiger partial charge in [-0.25, -0.2) is 4.39 Å². The summed E-state index contributed by atoms with van der Waals surface area (Å²) in [4.78, 5) is 6.73. The first kappa shape index (κ1) is 19.7. The van der Waals surface area contributed by atoms with Gasteiger partial charge in [0.2, 0.25) is 0 Å². The number of aromatic nitrogens is 2. The fourth-order valence-electron chi connectivity index (χ4n) is 3.64. The summed E-state index contributed by atoms with van der Waals surface area (Å²) in [6.45, 7) is 6.71. The maximum absolute atomic E-state index is 13.4. The van der Waals surface area contributed by atoms with Crippen LogP contribution in [-0.2, 0) is 12.5 Å². The largest absolute Gasteiger partial charge is 0.355 e. The summed E-state index contributed by atoms with van der Waals surface area (Å²) >= 11 is 6.26. The van der Waals surface area contributed by atoms with E-state index in [1.165, 1.54) is 17.7 Å². The molecule has 1 unspecified atom stereocenters. The van der Waals surface area contributed by atoms with Gasteiger partial charge in [-0.1, -0.05) is 31.5 Å². The lowest BCUT2D eigenvalue weighted by Gasteiger charge is -2.30. The highest BCUT2D eigenvalue weighted by Gasteiger charge is 2.29. The molecule has 1 aliphatic rings. The van der Waals surface area contributed by atoms with Crippen molar-refractivity contribution in [3.8, 4) is 0 Å². The Labute approximate surface area is 165 Å². The van der Waals surface area contributed by atoms with Gasteiger partial charge in [0.25, 0.3) is 0 Å². The molecule has 146 valence electrons. The zero-order valence-electron chi connectivity index (χ0n) is 16.3. The van der Waals surface area contributed by atoms with Crippen LogP contribution in [0.4, 0.5) is 4.39 Å². The van der Waals surface area contributed by atoms with Crippen LogP contribution in [0, 0.1) is 5.82 Å². The van der Waals surface area contributed by atoms with Crippen LogP contribution in [0.5, 0.6) is 0 Å². The molecular weight excluding hydrogens is 365 g/mol. The van der Waals surface area contributed by atoms with Gasteiger partial charge in [0.05, 0.1) is 6.20 Å². The Morgan fingerprint density at radius 3 is 2.85 bits per heavy atom. The normalized spacial score (nSPS) is 18.2. The molecule has 1 atom stereocenters. The van der Waals surface area contributed by atoms with Crippen LogP contribution in [-0.4, -0.2) is 47.3 Å². The third-order valence-corrected chi connectivity index (χ3v) is 5.56. The average Bonchev–Trinajstić information content (AvgIpc) is 3.24. The van der Waals surface area contributed by atoms with Gasteiger partial charge in [-0.15, -0.1) is 0 Å². The first-order valence-electron chi connectivity index (χ1n) is 9.20. The molecule has 1 N–H and O–H groups in total. The summed E-state index contributed by atoms with van der Waals surface area (Å²) in [6.07, 6.45) is 5.12. The molecule has 0 amide bonds. The highest BCUT2D eigenvalue weighted by molar-refractivity contribution is 6.31. The maximum Gasteiger partial charge on any atom is 0.193 e. The Balaban J connectivity index is 1.64. The van der Waals surface area contributed by atoms with E-state index in [9.17, 15) is 4.39 Å². The molecule has 1 saturated heterocycles. The van der Waals surface area contributed by atoms with E-state index in [1.54, 1.807) is 13.1 Å². The van der Waals surface area contributed by atoms with Crippen molar-refractivity contribution in [2.45, 2.75) is 31.6 Å². The Hall–Kier alpha value is -2.08. The molecule has 0 spiro atoms. The van der Waals surface area contributed by atoms with E-state index in [1.807, 2.05) is 17.9 Å². The summed E-state index contributed by atoms with van der Waals surface area (Å²) in [6, 6.07) is 4.58. The Bertz CT molecular complexity index is 830. The number of hydrogen-bond donors (Lipinski definition) is 1. The topological polar surface area (TPSA) is 45.5 Å². The van der Waals surface area contributed by atoms with Crippen LogP contribution in [0.2, 0.25) is 5.02 Å². The first-order chi connectivity index (χ1) is 12.8. The lowest BCUT2D eigenvalue weighted by Crippen LogP contribution is -2.45. The number of likely N-dealkylation sites (tertiary alicyclic amines) is 1. The Morgan fingerprint density at radius 2 is 2.22 bits per heavy atom. The van der Waals surface area contributed by atoms with Crippen LogP contribution < -0.4 is 5.32 Å². The second-order valence-electron chi connectivity index (χ2n) is 7.79. The first-order valence-corrected chi connectivity index (χ1v) is 9.57. The van der Waals surface area contributed by atoms with Gasteiger partial charge in [-0.3, -0.25) is 9.67 Å². The van der Waals surface area contributed by atoms with Crippen LogP contribution in [0.15, 0.2) is 35.6 Å². The van der Waals surface area contributed by atoms with Crippen LogP contribution >= 0.6 is 11.6 Å². The number of benzene rings is 1. The van der Waals surface area contributed by atoms with E-state index in [0.29, 0.717) is 17.5 Å². The van der Waals surface area contributed by atoms with Gasteiger partial charge in [-0.2, -0.15) is 5.10 Å². The number of halogens is 2. The van der Waals surface area contributed by atoms with Gasteiger partial charge >= 0.3 is 0 Å². The fourth-order valence-corrected chi connectivity index (χ4v) is 4.06. The summed E-state index contributed by atoms with van der Waals surface area (Å²) in [5.74, 6) is 1.03. The van der Waals surface area contributed by atoms with Crippen LogP contribution in [0.25, 0.3) is 0 Å². The van der Waals surface area contributed by atoms with E-state index < -0.39 is 0 Å². The lowest BCUT2D eigenvalue weighted by atomic mass is 9.84. The second kappa shape index (κ2) is 7.89. The van der Waals surface area contributed by atoms with E-state index in [0.717, 1.165) is 31.0 Å². The van der Waals surface area contributed by atoms with Crippen molar-refractivity contribution in [3.05, 3.63) is 52.6 Å². The molecule has 5 nitrogen and oxygen atoms in total. The molecular formula is C20H27ClFN5. The van der Waals surface area contributed by atoms with Crippen LogP contribution in [0.3, 0.4) is 0 Å². The van der Waals surface area contributed by atoms with Crippen molar-refractivity contribution in [1.29, 1.82) is 0 Å². The summed E-state index contributed by atoms with van der Waals surface area (Å²) in [7, 11) is 3.75. The number of nitrogens with one attached hydrogen (secondary N) is 1. The van der Waals surface area contributed by atoms with Crippen molar-refractivity contribution in [1.82, 2.24) is 20.0 Å². The Morgan fingerprint density at radius 1 is 1.44 bits per heavy atom. The molecule has 0 bridgehead atoms.